The predicted octanol–water partition coefficient (Wildman–Crippen LogP) is 3.89. The molecular weight excluding hydrogens is 362 g/mol. The summed E-state index contributed by atoms with van der Waals surface area (Å²) >= 11 is 5.28. The molecule has 7 nitrogen and oxygen atoms in total. The second kappa shape index (κ2) is 7.46. The van der Waals surface area contributed by atoms with Gasteiger partial charge in [0.25, 0.3) is 0 Å². The zero-order valence-corrected chi connectivity index (χ0v) is 15.4. The van der Waals surface area contributed by atoms with Gasteiger partial charge in [-0.05, 0) is 30.4 Å². The van der Waals surface area contributed by atoms with Crippen molar-refractivity contribution >= 4 is 29.3 Å². The lowest BCUT2D eigenvalue weighted by molar-refractivity contribution is 0.288. The standard InChI is InChI=1S/C19H17N5O2S/c1-25-14-5-4-6-15(9-14)26-12-18-22-23-19(27)24(18)21-11-13-10-20-17-8-3-2-7-16(13)17/h2-11,20H,12H2,1H3,(H,23,27)/b21-11+. The summed E-state index contributed by atoms with van der Waals surface area (Å²) in [7, 11) is 1.61. The van der Waals surface area contributed by atoms with Crippen LogP contribution in [0.2, 0.25) is 0 Å². The lowest BCUT2D eigenvalue weighted by Gasteiger charge is -2.07. The van der Waals surface area contributed by atoms with Gasteiger partial charge < -0.3 is 14.5 Å². The summed E-state index contributed by atoms with van der Waals surface area (Å²) in [4.78, 5) is 3.22. The van der Waals surface area contributed by atoms with Crippen molar-refractivity contribution in [3.05, 3.63) is 70.9 Å². The SMILES string of the molecule is COc1cccc(OCc2n[nH]c(=S)n2/N=C/c2c[nH]c3ccccc23)c1. The van der Waals surface area contributed by atoms with Gasteiger partial charge in [0.15, 0.2) is 5.82 Å². The summed E-state index contributed by atoms with van der Waals surface area (Å²) in [6, 6.07) is 15.4. The van der Waals surface area contributed by atoms with Gasteiger partial charge in [-0.15, -0.1) is 0 Å². The van der Waals surface area contributed by atoms with Crippen molar-refractivity contribution in [2.75, 3.05) is 7.11 Å². The van der Waals surface area contributed by atoms with Crippen molar-refractivity contribution < 1.29 is 9.47 Å². The lowest BCUT2D eigenvalue weighted by atomic mass is 10.2. The number of aromatic amines is 2. The molecule has 0 bridgehead atoms. The van der Waals surface area contributed by atoms with Gasteiger partial charge in [0, 0.05) is 28.7 Å². The molecule has 136 valence electrons. The number of methoxy groups -OCH3 is 1. The maximum atomic E-state index is 5.79. The number of nitrogens with one attached hydrogen (secondary N) is 2. The van der Waals surface area contributed by atoms with Gasteiger partial charge in [-0.1, -0.05) is 24.3 Å². The molecule has 0 amide bonds. The number of hydrogen-bond acceptors (Lipinski definition) is 5. The molecule has 0 spiro atoms. The molecule has 4 rings (SSSR count). The Bertz CT molecular complexity index is 1160. The molecule has 8 heteroatoms. The van der Waals surface area contributed by atoms with Gasteiger partial charge in [0.2, 0.25) is 4.77 Å². The molecule has 0 saturated heterocycles. The van der Waals surface area contributed by atoms with E-state index in [1.807, 2.05) is 48.7 Å². The molecule has 0 aliphatic heterocycles. The van der Waals surface area contributed by atoms with E-state index < -0.39 is 0 Å². The van der Waals surface area contributed by atoms with Crippen molar-refractivity contribution in [2.24, 2.45) is 5.10 Å². The van der Waals surface area contributed by atoms with E-state index in [1.54, 1.807) is 24.1 Å². The zero-order valence-electron chi connectivity index (χ0n) is 14.5. The molecular formula is C19H17N5O2S. The van der Waals surface area contributed by atoms with Crippen LogP contribution in [-0.4, -0.2) is 33.2 Å². The van der Waals surface area contributed by atoms with Crippen LogP contribution in [0, 0.1) is 4.77 Å². The van der Waals surface area contributed by atoms with Crippen LogP contribution < -0.4 is 9.47 Å². The molecule has 0 aliphatic rings. The van der Waals surface area contributed by atoms with Crippen molar-refractivity contribution in [3.8, 4) is 11.5 Å². The average Bonchev–Trinajstić information content (AvgIpc) is 3.28. The van der Waals surface area contributed by atoms with Crippen molar-refractivity contribution in [2.45, 2.75) is 6.61 Å². The van der Waals surface area contributed by atoms with Crippen LogP contribution in [0.4, 0.5) is 0 Å². The number of para-hydroxylation sites is 1. The van der Waals surface area contributed by atoms with Crippen molar-refractivity contribution in [1.29, 1.82) is 0 Å². The molecule has 2 N–H and O–H groups in total. The van der Waals surface area contributed by atoms with E-state index in [1.165, 1.54) is 0 Å². The van der Waals surface area contributed by atoms with E-state index in [2.05, 4.69) is 20.3 Å². The van der Waals surface area contributed by atoms with Crippen LogP contribution in [0.15, 0.2) is 59.8 Å². The number of aromatic nitrogens is 4. The van der Waals surface area contributed by atoms with Crippen LogP contribution in [0.1, 0.15) is 11.4 Å². The topological polar surface area (TPSA) is 80.2 Å². The Morgan fingerprint density at radius 2 is 2.04 bits per heavy atom. The van der Waals surface area contributed by atoms with Gasteiger partial charge in [-0.3, -0.25) is 0 Å². The lowest BCUT2D eigenvalue weighted by Crippen LogP contribution is -2.04. The number of nitrogens with zero attached hydrogens (tertiary/aromatic N) is 3. The Morgan fingerprint density at radius 3 is 2.93 bits per heavy atom. The van der Waals surface area contributed by atoms with Gasteiger partial charge in [0.05, 0.1) is 13.3 Å². The maximum Gasteiger partial charge on any atom is 0.216 e. The minimum atomic E-state index is 0.214. The molecule has 2 aromatic carbocycles. The fourth-order valence-electron chi connectivity index (χ4n) is 2.70. The minimum Gasteiger partial charge on any atom is -0.497 e. The van der Waals surface area contributed by atoms with E-state index in [4.69, 9.17) is 21.7 Å². The first-order chi connectivity index (χ1) is 13.2. The largest absolute Gasteiger partial charge is 0.497 e. The fourth-order valence-corrected chi connectivity index (χ4v) is 2.89. The Hall–Kier alpha value is -3.39. The molecule has 0 aliphatic carbocycles. The van der Waals surface area contributed by atoms with Crippen molar-refractivity contribution in [1.82, 2.24) is 19.9 Å². The van der Waals surface area contributed by atoms with Gasteiger partial charge >= 0.3 is 0 Å². The summed E-state index contributed by atoms with van der Waals surface area (Å²) in [6.07, 6.45) is 3.66. The molecule has 2 aromatic heterocycles. The molecule has 27 heavy (non-hydrogen) atoms. The van der Waals surface area contributed by atoms with Gasteiger partial charge in [-0.2, -0.15) is 14.9 Å². The fraction of sp³-hybridized carbons (Fsp3) is 0.105. The van der Waals surface area contributed by atoms with E-state index in [0.717, 1.165) is 22.2 Å². The summed E-state index contributed by atoms with van der Waals surface area (Å²) < 4.78 is 12.9. The Morgan fingerprint density at radius 1 is 1.19 bits per heavy atom. The number of H-pyrrole nitrogens is 2. The number of ether oxygens (including phenoxy) is 2. The van der Waals surface area contributed by atoms with E-state index in [-0.39, 0.29) is 6.61 Å². The number of hydrogen-bond donors (Lipinski definition) is 2. The summed E-state index contributed by atoms with van der Waals surface area (Å²) in [5.74, 6) is 1.97. The number of benzene rings is 2. The molecule has 0 atom stereocenters. The minimum absolute atomic E-state index is 0.214. The number of fused-ring (bicyclic) bond motifs is 1. The third-order valence-corrected chi connectivity index (χ3v) is 4.32. The summed E-state index contributed by atoms with van der Waals surface area (Å²) in [5.41, 5.74) is 2.02. The Kier molecular flexibility index (Phi) is 4.71. The molecule has 2 heterocycles. The van der Waals surface area contributed by atoms with Crippen molar-refractivity contribution in [3.63, 3.8) is 0 Å². The molecule has 0 fully saturated rings. The Balaban J connectivity index is 1.55. The van der Waals surface area contributed by atoms with Crippen LogP contribution in [0.25, 0.3) is 10.9 Å². The van der Waals surface area contributed by atoms with E-state index >= 15 is 0 Å². The van der Waals surface area contributed by atoms with E-state index in [0.29, 0.717) is 16.3 Å². The van der Waals surface area contributed by atoms with Gasteiger partial charge in [0.1, 0.15) is 18.1 Å². The highest BCUT2D eigenvalue weighted by molar-refractivity contribution is 7.71. The summed E-state index contributed by atoms with van der Waals surface area (Å²) in [5, 5.41) is 12.5. The normalized spacial score (nSPS) is 11.3. The van der Waals surface area contributed by atoms with Crippen LogP contribution in [-0.2, 0) is 6.61 Å². The highest BCUT2D eigenvalue weighted by atomic mass is 32.1. The van der Waals surface area contributed by atoms with Crippen LogP contribution >= 0.6 is 12.2 Å². The maximum absolute atomic E-state index is 5.79. The van der Waals surface area contributed by atoms with E-state index in [9.17, 15) is 0 Å². The second-order valence-corrected chi connectivity index (χ2v) is 6.15. The quantitative estimate of drug-likeness (QED) is 0.393. The van der Waals surface area contributed by atoms with Crippen LogP contribution in [0.3, 0.4) is 0 Å². The zero-order chi connectivity index (χ0) is 18.6. The summed E-state index contributed by atoms with van der Waals surface area (Å²) in [6.45, 7) is 0.214. The molecule has 0 saturated carbocycles. The third-order valence-electron chi connectivity index (χ3n) is 4.06. The first-order valence-corrected chi connectivity index (χ1v) is 8.69. The first-order valence-electron chi connectivity index (χ1n) is 8.28. The Labute approximate surface area is 160 Å². The third kappa shape index (κ3) is 3.61. The highest BCUT2D eigenvalue weighted by Gasteiger charge is 2.07. The van der Waals surface area contributed by atoms with Crippen LogP contribution in [0.5, 0.6) is 11.5 Å². The smallest absolute Gasteiger partial charge is 0.216 e. The number of rotatable bonds is 6. The highest BCUT2D eigenvalue weighted by Crippen LogP contribution is 2.20. The molecule has 4 aromatic rings. The molecule has 0 unspecified atom stereocenters. The monoisotopic (exact) mass is 379 g/mol. The first kappa shape index (κ1) is 17.0. The average molecular weight is 379 g/mol. The van der Waals surface area contributed by atoms with Gasteiger partial charge in [-0.25, -0.2) is 5.10 Å². The molecule has 0 radical (unpaired) electrons. The predicted molar refractivity (Wildman–Crippen MR) is 106 cm³/mol. The second-order valence-electron chi connectivity index (χ2n) is 5.76.